The second-order valence-electron chi connectivity index (χ2n) is 3.82. The predicted octanol–water partition coefficient (Wildman–Crippen LogP) is 3.26. The lowest BCUT2D eigenvalue weighted by Gasteiger charge is -2.08. The molecule has 0 N–H and O–H groups in total. The topological polar surface area (TPSA) is 87.4 Å². The summed E-state index contributed by atoms with van der Waals surface area (Å²) in [6, 6.07) is 4.39. The fraction of sp³-hybridized carbons (Fsp3) is 0.167. The molecule has 0 aliphatic rings. The van der Waals surface area contributed by atoms with Gasteiger partial charge >= 0.3 is 6.01 Å². The average Bonchev–Trinajstić information content (AvgIpc) is 2.42. The zero-order chi connectivity index (χ0) is 14.7. The Balaban J connectivity index is 2.28. The fourth-order valence-corrected chi connectivity index (χ4v) is 1.84. The van der Waals surface area contributed by atoms with Crippen LogP contribution in [0.5, 0.6) is 17.6 Å². The molecule has 1 heterocycles. The molecule has 0 radical (unpaired) electrons. The van der Waals surface area contributed by atoms with Gasteiger partial charge in [-0.25, -0.2) is 4.98 Å². The SMILES string of the molecule is COc1nc(Oc2ccc([N+](=O)[O-])cc2C)ncc1Br. The van der Waals surface area contributed by atoms with Crippen molar-refractivity contribution in [2.24, 2.45) is 0 Å². The number of aryl methyl sites for hydroxylation is 1. The highest BCUT2D eigenvalue weighted by Crippen LogP contribution is 2.29. The van der Waals surface area contributed by atoms with E-state index in [1.165, 1.54) is 31.5 Å². The number of methoxy groups -OCH3 is 1. The molecule has 1 aromatic carbocycles. The van der Waals surface area contributed by atoms with Gasteiger partial charge in [0.2, 0.25) is 5.88 Å². The Hall–Kier alpha value is -2.22. The van der Waals surface area contributed by atoms with E-state index >= 15 is 0 Å². The van der Waals surface area contributed by atoms with Crippen molar-refractivity contribution in [1.29, 1.82) is 0 Å². The number of hydrogen-bond donors (Lipinski definition) is 0. The van der Waals surface area contributed by atoms with Crippen LogP contribution in [-0.2, 0) is 0 Å². The van der Waals surface area contributed by atoms with Gasteiger partial charge in [0.25, 0.3) is 5.69 Å². The number of rotatable bonds is 4. The molecule has 0 saturated heterocycles. The number of aromatic nitrogens is 2. The van der Waals surface area contributed by atoms with Crippen LogP contribution < -0.4 is 9.47 Å². The van der Waals surface area contributed by atoms with Gasteiger partial charge in [-0.05, 0) is 34.5 Å². The van der Waals surface area contributed by atoms with E-state index in [0.29, 0.717) is 21.7 Å². The van der Waals surface area contributed by atoms with Crippen LogP contribution in [0.3, 0.4) is 0 Å². The molecule has 20 heavy (non-hydrogen) atoms. The Morgan fingerprint density at radius 2 is 2.15 bits per heavy atom. The summed E-state index contributed by atoms with van der Waals surface area (Å²) in [5.74, 6) is 0.787. The number of halogens is 1. The molecule has 1 aromatic heterocycles. The second-order valence-corrected chi connectivity index (χ2v) is 4.67. The Morgan fingerprint density at radius 3 is 2.75 bits per heavy atom. The zero-order valence-corrected chi connectivity index (χ0v) is 12.2. The molecule has 0 aliphatic heterocycles. The van der Waals surface area contributed by atoms with Crippen molar-refractivity contribution in [3.05, 3.63) is 44.5 Å². The van der Waals surface area contributed by atoms with Gasteiger partial charge in [0.05, 0.1) is 22.7 Å². The minimum Gasteiger partial charge on any atom is -0.480 e. The van der Waals surface area contributed by atoms with Gasteiger partial charge in [-0.15, -0.1) is 0 Å². The van der Waals surface area contributed by atoms with Crippen molar-refractivity contribution < 1.29 is 14.4 Å². The fourth-order valence-electron chi connectivity index (χ4n) is 1.49. The number of non-ortho nitro benzene ring substituents is 1. The lowest BCUT2D eigenvalue weighted by Crippen LogP contribution is -1.97. The van der Waals surface area contributed by atoms with E-state index in [4.69, 9.17) is 9.47 Å². The van der Waals surface area contributed by atoms with Crippen LogP contribution in [0.1, 0.15) is 5.56 Å². The van der Waals surface area contributed by atoms with Gasteiger partial charge in [0.15, 0.2) is 0 Å². The molecule has 0 spiro atoms. The smallest absolute Gasteiger partial charge is 0.325 e. The summed E-state index contributed by atoms with van der Waals surface area (Å²) in [4.78, 5) is 18.2. The Morgan fingerprint density at radius 1 is 1.40 bits per heavy atom. The molecule has 0 unspecified atom stereocenters. The summed E-state index contributed by atoms with van der Waals surface area (Å²) >= 11 is 3.24. The van der Waals surface area contributed by atoms with Crippen LogP contribution in [0.4, 0.5) is 5.69 Å². The standard InChI is InChI=1S/C12H10BrN3O4/c1-7-5-8(16(17)18)3-4-10(7)20-12-14-6-9(13)11(15-12)19-2/h3-6H,1-2H3. The number of nitro groups is 1. The maximum Gasteiger partial charge on any atom is 0.325 e. The summed E-state index contributed by atoms with van der Waals surface area (Å²) in [5, 5.41) is 10.7. The summed E-state index contributed by atoms with van der Waals surface area (Å²) in [6.45, 7) is 1.71. The van der Waals surface area contributed by atoms with Crippen molar-refractivity contribution in [3.63, 3.8) is 0 Å². The minimum atomic E-state index is -0.462. The van der Waals surface area contributed by atoms with E-state index in [0.717, 1.165) is 0 Å². The van der Waals surface area contributed by atoms with E-state index < -0.39 is 4.92 Å². The van der Waals surface area contributed by atoms with E-state index in [2.05, 4.69) is 25.9 Å². The molecule has 2 rings (SSSR count). The first-order chi connectivity index (χ1) is 9.51. The molecule has 0 fully saturated rings. The van der Waals surface area contributed by atoms with Crippen LogP contribution in [-0.4, -0.2) is 22.0 Å². The van der Waals surface area contributed by atoms with Gasteiger partial charge in [0.1, 0.15) is 5.75 Å². The van der Waals surface area contributed by atoms with Gasteiger partial charge in [-0.1, -0.05) is 0 Å². The quantitative estimate of drug-likeness (QED) is 0.627. The number of nitrogens with zero attached hydrogens (tertiary/aromatic N) is 3. The third-order valence-electron chi connectivity index (χ3n) is 2.45. The third kappa shape index (κ3) is 3.02. The molecular formula is C12H10BrN3O4. The van der Waals surface area contributed by atoms with Crippen LogP contribution in [0.2, 0.25) is 0 Å². The van der Waals surface area contributed by atoms with Gasteiger partial charge in [-0.2, -0.15) is 4.98 Å². The summed E-state index contributed by atoms with van der Waals surface area (Å²) in [5.41, 5.74) is 0.619. The van der Waals surface area contributed by atoms with Crippen LogP contribution >= 0.6 is 15.9 Å². The lowest BCUT2D eigenvalue weighted by atomic mass is 10.2. The summed E-state index contributed by atoms with van der Waals surface area (Å²) < 4.78 is 11.1. The van der Waals surface area contributed by atoms with E-state index in [1.807, 2.05) is 0 Å². The number of benzene rings is 1. The number of hydrogen-bond acceptors (Lipinski definition) is 6. The summed E-state index contributed by atoms with van der Waals surface area (Å²) in [6.07, 6.45) is 1.50. The van der Waals surface area contributed by atoms with Gasteiger partial charge in [-0.3, -0.25) is 10.1 Å². The number of nitro benzene ring substituents is 1. The minimum absolute atomic E-state index is 0.00385. The Labute approximate surface area is 122 Å². The van der Waals surface area contributed by atoms with Crippen molar-refractivity contribution in [2.45, 2.75) is 6.92 Å². The molecule has 0 aliphatic carbocycles. The van der Waals surface area contributed by atoms with Crippen LogP contribution in [0, 0.1) is 17.0 Å². The van der Waals surface area contributed by atoms with Crippen molar-refractivity contribution in [3.8, 4) is 17.6 Å². The highest BCUT2D eigenvalue weighted by atomic mass is 79.9. The predicted molar refractivity (Wildman–Crippen MR) is 74.2 cm³/mol. The zero-order valence-electron chi connectivity index (χ0n) is 10.7. The molecule has 0 saturated carbocycles. The average molecular weight is 340 g/mol. The second kappa shape index (κ2) is 5.83. The Bertz CT molecular complexity index is 663. The van der Waals surface area contributed by atoms with Crippen molar-refractivity contribution in [2.75, 3.05) is 7.11 Å². The van der Waals surface area contributed by atoms with E-state index in [1.54, 1.807) is 6.92 Å². The van der Waals surface area contributed by atoms with E-state index in [9.17, 15) is 10.1 Å². The molecular weight excluding hydrogens is 330 g/mol. The van der Waals surface area contributed by atoms with Gasteiger partial charge in [0, 0.05) is 12.1 Å². The third-order valence-corrected chi connectivity index (χ3v) is 3.00. The largest absolute Gasteiger partial charge is 0.480 e. The van der Waals surface area contributed by atoms with Crippen LogP contribution in [0.25, 0.3) is 0 Å². The molecule has 0 bridgehead atoms. The molecule has 2 aromatic rings. The molecule has 104 valence electrons. The van der Waals surface area contributed by atoms with Crippen molar-refractivity contribution in [1.82, 2.24) is 9.97 Å². The normalized spacial score (nSPS) is 10.2. The molecule has 0 atom stereocenters. The monoisotopic (exact) mass is 339 g/mol. The molecule has 7 nitrogen and oxygen atoms in total. The van der Waals surface area contributed by atoms with E-state index in [-0.39, 0.29) is 11.7 Å². The molecule has 8 heteroatoms. The first-order valence-corrected chi connectivity index (χ1v) is 6.30. The summed E-state index contributed by atoms with van der Waals surface area (Å²) in [7, 11) is 1.48. The molecule has 0 amide bonds. The number of ether oxygens (including phenoxy) is 2. The van der Waals surface area contributed by atoms with Gasteiger partial charge < -0.3 is 9.47 Å². The lowest BCUT2D eigenvalue weighted by molar-refractivity contribution is -0.384. The maximum atomic E-state index is 10.7. The Kier molecular flexibility index (Phi) is 4.14. The first-order valence-electron chi connectivity index (χ1n) is 5.50. The highest BCUT2D eigenvalue weighted by Gasteiger charge is 2.12. The maximum absolute atomic E-state index is 10.7. The van der Waals surface area contributed by atoms with Crippen LogP contribution in [0.15, 0.2) is 28.9 Å². The first kappa shape index (κ1) is 14.2. The highest BCUT2D eigenvalue weighted by molar-refractivity contribution is 9.10. The van der Waals surface area contributed by atoms with Crippen molar-refractivity contribution >= 4 is 21.6 Å².